The molecule has 0 fully saturated rings. The zero-order valence-electron chi connectivity index (χ0n) is 18.2. The van der Waals surface area contributed by atoms with E-state index in [2.05, 4.69) is 45.1 Å². The van der Waals surface area contributed by atoms with Gasteiger partial charge in [0.05, 0.1) is 24.8 Å². The van der Waals surface area contributed by atoms with Crippen molar-refractivity contribution in [3.63, 3.8) is 0 Å². The van der Waals surface area contributed by atoms with Gasteiger partial charge in [-0.15, -0.1) is 0 Å². The van der Waals surface area contributed by atoms with E-state index < -0.39 is 8.32 Å². The first-order chi connectivity index (χ1) is 13.0. The van der Waals surface area contributed by atoms with Crippen molar-refractivity contribution in [3.8, 4) is 11.8 Å². The Morgan fingerprint density at radius 2 is 1.79 bits per heavy atom. The molecule has 1 aromatic heterocycles. The Morgan fingerprint density at radius 3 is 2.36 bits per heavy atom. The van der Waals surface area contributed by atoms with Crippen LogP contribution in [0.25, 0.3) is 0 Å². The van der Waals surface area contributed by atoms with Crippen LogP contribution in [-0.2, 0) is 17.5 Å². The van der Waals surface area contributed by atoms with E-state index in [9.17, 15) is 0 Å². The molecule has 0 saturated carbocycles. The van der Waals surface area contributed by atoms with E-state index in [1.807, 2.05) is 32.0 Å². The molecule has 152 valence electrons. The van der Waals surface area contributed by atoms with E-state index in [0.717, 1.165) is 41.2 Å². The molecule has 1 aromatic carbocycles. The summed E-state index contributed by atoms with van der Waals surface area (Å²) in [6.07, 6.45) is 1.60. The van der Waals surface area contributed by atoms with E-state index in [4.69, 9.17) is 18.9 Å². The van der Waals surface area contributed by atoms with Gasteiger partial charge in [-0.2, -0.15) is 5.26 Å². The molecule has 0 unspecified atom stereocenters. The number of aryl methyl sites for hydroxylation is 3. The molecular formula is C22H32N2O3Si. The zero-order chi connectivity index (χ0) is 20.9. The highest BCUT2D eigenvalue weighted by Gasteiger charge is 2.37. The Balaban J connectivity index is 1.82. The van der Waals surface area contributed by atoms with Crippen molar-refractivity contribution in [2.24, 2.45) is 0 Å². The number of nitriles is 1. The highest BCUT2D eigenvalue weighted by molar-refractivity contribution is 6.74. The normalized spacial score (nSPS) is 12.1. The van der Waals surface area contributed by atoms with Gasteiger partial charge in [0.1, 0.15) is 17.2 Å². The van der Waals surface area contributed by atoms with Crippen LogP contribution in [0.4, 0.5) is 0 Å². The lowest BCUT2D eigenvalue weighted by Gasteiger charge is -2.35. The highest BCUT2D eigenvalue weighted by atomic mass is 28.4. The molecule has 1 heterocycles. The van der Waals surface area contributed by atoms with Gasteiger partial charge in [-0.1, -0.05) is 25.9 Å². The van der Waals surface area contributed by atoms with Gasteiger partial charge in [-0.25, -0.2) is 0 Å². The van der Waals surface area contributed by atoms with Crippen molar-refractivity contribution in [3.05, 3.63) is 46.3 Å². The fourth-order valence-electron chi connectivity index (χ4n) is 2.68. The Hall–Kier alpha value is -2.10. The van der Waals surface area contributed by atoms with Gasteiger partial charge >= 0.3 is 0 Å². The van der Waals surface area contributed by atoms with Crippen LogP contribution in [0.2, 0.25) is 18.1 Å². The average molecular weight is 401 g/mol. The molecule has 0 saturated heterocycles. The number of ether oxygens (including phenoxy) is 1. The quantitative estimate of drug-likeness (QED) is 0.420. The first-order valence-electron chi connectivity index (χ1n) is 9.76. The van der Waals surface area contributed by atoms with Crippen molar-refractivity contribution in [2.75, 3.05) is 6.61 Å². The first-order valence-corrected chi connectivity index (χ1v) is 12.7. The van der Waals surface area contributed by atoms with Crippen LogP contribution in [0.15, 0.2) is 22.7 Å². The smallest absolute Gasteiger partial charge is 0.192 e. The summed E-state index contributed by atoms with van der Waals surface area (Å²) in [5, 5.41) is 13.3. The van der Waals surface area contributed by atoms with Gasteiger partial charge in [0.15, 0.2) is 8.32 Å². The number of hydrogen-bond donors (Lipinski definition) is 0. The van der Waals surface area contributed by atoms with Crippen molar-refractivity contribution in [1.82, 2.24) is 5.16 Å². The Morgan fingerprint density at radius 1 is 1.14 bits per heavy atom. The molecule has 0 aliphatic rings. The zero-order valence-corrected chi connectivity index (χ0v) is 19.2. The van der Waals surface area contributed by atoms with Crippen LogP contribution in [0.3, 0.4) is 0 Å². The highest BCUT2D eigenvalue weighted by Crippen LogP contribution is 2.37. The predicted molar refractivity (Wildman–Crippen MR) is 113 cm³/mol. The van der Waals surface area contributed by atoms with Crippen molar-refractivity contribution in [1.29, 1.82) is 5.26 Å². The third kappa shape index (κ3) is 5.70. The molecular weight excluding hydrogens is 368 g/mol. The summed E-state index contributed by atoms with van der Waals surface area (Å²) >= 11 is 0. The topological polar surface area (TPSA) is 68.3 Å². The van der Waals surface area contributed by atoms with E-state index in [1.54, 1.807) is 0 Å². The number of aromatic nitrogens is 1. The lowest BCUT2D eigenvalue weighted by Crippen LogP contribution is -2.40. The van der Waals surface area contributed by atoms with Gasteiger partial charge in [-0.05, 0) is 61.7 Å². The van der Waals surface area contributed by atoms with Gasteiger partial charge in [0.25, 0.3) is 0 Å². The minimum atomic E-state index is -1.79. The second-order valence-electron chi connectivity index (χ2n) is 8.84. The monoisotopic (exact) mass is 400 g/mol. The maximum atomic E-state index is 9.03. The molecule has 0 atom stereocenters. The Labute approximate surface area is 169 Å². The van der Waals surface area contributed by atoms with Crippen LogP contribution in [0, 0.1) is 25.2 Å². The van der Waals surface area contributed by atoms with E-state index in [1.165, 1.54) is 0 Å². The van der Waals surface area contributed by atoms with Crippen LogP contribution < -0.4 is 4.74 Å². The second kappa shape index (κ2) is 8.93. The molecule has 0 amide bonds. The summed E-state index contributed by atoms with van der Waals surface area (Å²) in [6, 6.07) is 7.86. The number of nitrogens with zero attached hydrogens (tertiary/aromatic N) is 2. The summed E-state index contributed by atoms with van der Waals surface area (Å²) in [5.41, 5.74) is 3.48. The molecule has 0 spiro atoms. The Bertz CT molecular complexity index is 821. The van der Waals surface area contributed by atoms with Gasteiger partial charge in [0, 0.05) is 12.5 Å². The number of rotatable bonds is 8. The van der Waals surface area contributed by atoms with Gasteiger partial charge in [-0.3, -0.25) is 0 Å². The van der Waals surface area contributed by atoms with Crippen molar-refractivity contribution >= 4 is 8.32 Å². The van der Waals surface area contributed by atoms with Gasteiger partial charge in [0.2, 0.25) is 0 Å². The van der Waals surface area contributed by atoms with E-state index in [-0.39, 0.29) is 5.04 Å². The van der Waals surface area contributed by atoms with Crippen LogP contribution in [0.1, 0.15) is 55.3 Å². The predicted octanol–water partition coefficient (Wildman–Crippen LogP) is 5.70. The Kier molecular flexibility index (Phi) is 7.08. The summed E-state index contributed by atoms with van der Waals surface area (Å²) in [5.74, 6) is 1.71. The minimum Gasteiger partial charge on any atom is -0.493 e. The summed E-state index contributed by atoms with van der Waals surface area (Å²) in [7, 11) is -1.79. The first kappa shape index (κ1) is 22.2. The molecule has 0 aliphatic heterocycles. The molecule has 5 nitrogen and oxygen atoms in total. The van der Waals surface area contributed by atoms with Crippen LogP contribution in [0.5, 0.6) is 5.75 Å². The standard InChI is InChI=1S/C22H32N2O3Si/c1-16-11-18(14-23)12-17(2)21(16)25-10-8-9-20-13-19(24-27-20)15-26-28(6,7)22(3,4)5/h11-13H,8-10,15H2,1-7H3. The number of benzene rings is 1. The molecule has 0 radical (unpaired) electrons. The second-order valence-corrected chi connectivity index (χ2v) is 13.6. The van der Waals surface area contributed by atoms with Crippen LogP contribution in [-0.4, -0.2) is 20.1 Å². The fourth-order valence-corrected chi connectivity index (χ4v) is 3.62. The average Bonchev–Trinajstić information content (AvgIpc) is 3.05. The molecule has 2 aromatic rings. The SMILES string of the molecule is Cc1cc(C#N)cc(C)c1OCCCc1cc(CO[Si](C)(C)C(C)(C)C)no1. The molecule has 28 heavy (non-hydrogen) atoms. The van der Waals surface area contributed by atoms with Crippen LogP contribution >= 0.6 is 0 Å². The lowest BCUT2D eigenvalue weighted by molar-refractivity contribution is 0.261. The largest absolute Gasteiger partial charge is 0.493 e. The summed E-state index contributed by atoms with van der Waals surface area (Å²) in [6.45, 7) is 16.2. The third-order valence-corrected chi connectivity index (χ3v) is 9.88. The maximum absolute atomic E-state index is 9.03. The maximum Gasteiger partial charge on any atom is 0.192 e. The number of hydrogen-bond acceptors (Lipinski definition) is 5. The molecule has 0 N–H and O–H groups in total. The molecule has 2 rings (SSSR count). The summed E-state index contributed by atoms with van der Waals surface area (Å²) in [4.78, 5) is 0. The van der Waals surface area contributed by atoms with Crippen molar-refractivity contribution in [2.45, 2.75) is 72.2 Å². The van der Waals surface area contributed by atoms with E-state index >= 15 is 0 Å². The summed E-state index contributed by atoms with van der Waals surface area (Å²) < 4.78 is 17.6. The molecule has 0 bridgehead atoms. The third-order valence-electron chi connectivity index (χ3n) is 5.40. The minimum absolute atomic E-state index is 0.179. The fraction of sp³-hybridized carbons (Fsp3) is 0.545. The van der Waals surface area contributed by atoms with Crippen molar-refractivity contribution < 1.29 is 13.7 Å². The van der Waals surface area contributed by atoms with Gasteiger partial charge < -0.3 is 13.7 Å². The molecule has 6 heteroatoms. The lowest BCUT2D eigenvalue weighted by atomic mass is 10.1. The van der Waals surface area contributed by atoms with E-state index in [0.29, 0.717) is 18.8 Å². The molecule has 0 aliphatic carbocycles.